The van der Waals surface area contributed by atoms with Crippen LogP contribution in [0.4, 0.5) is 5.69 Å². The summed E-state index contributed by atoms with van der Waals surface area (Å²) in [5.74, 6) is 1.64. The van der Waals surface area contributed by atoms with Crippen molar-refractivity contribution in [3.8, 4) is 11.4 Å². The molecule has 1 heterocycles. The average molecular weight is 336 g/mol. The molecule has 106 valence electrons. The Balaban J connectivity index is 1.97. The molecule has 0 aliphatic heterocycles. The number of aromatic nitrogens is 4. The molecule has 2 N–H and O–H groups in total. The van der Waals surface area contributed by atoms with Gasteiger partial charge in [-0.05, 0) is 47.4 Å². The van der Waals surface area contributed by atoms with E-state index in [-0.39, 0.29) is 0 Å². The molecule has 0 amide bonds. The monoisotopic (exact) mass is 335 g/mol. The second kappa shape index (κ2) is 5.52. The molecule has 2 aromatic rings. The number of nitrogens with zero attached hydrogens (tertiary/aromatic N) is 4. The summed E-state index contributed by atoms with van der Waals surface area (Å²) in [7, 11) is 0. The molecule has 3 rings (SSSR count). The van der Waals surface area contributed by atoms with E-state index in [4.69, 9.17) is 5.73 Å². The van der Waals surface area contributed by atoms with Gasteiger partial charge < -0.3 is 5.73 Å². The molecule has 1 atom stereocenters. The summed E-state index contributed by atoms with van der Waals surface area (Å²) in [5, 5.41) is 12.3. The zero-order valence-electron chi connectivity index (χ0n) is 11.5. The van der Waals surface area contributed by atoms with Gasteiger partial charge in [-0.1, -0.05) is 35.7 Å². The van der Waals surface area contributed by atoms with Gasteiger partial charge in [-0.3, -0.25) is 0 Å². The van der Waals surface area contributed by atoms with E-state index in [0.717, 1.165) is 34.6 Å². The van der Waals surface area contributed by atoms with E-state index in [1.807, 2.05) is 22.9 Å². The van der Waals surface area contributed by atoms with Gasteiger partial charge in [0.2, 0.25) is 0 Å². The molecule has 0 spiro atoms. The Morgan fingerprint density at radius 2 is 2.25 bits per heavy atom. The van der Waals surface area contributed by atoms with Crippen LogP contribution in [0.15, 0.2) is 22.7 Å². The van der Waals surface area contributed by atoms with Gasteiger partial charge in [0.15, 0.2) is 5.82 Å². The third kappa shape index (κ3) is 2.70. The van der Waals surface area contributed by atoms with Crippen molar-refractivity contribution in [2.24, 2.45) is 5.92 Å². The minimum Gasteiger partial charge on any atom is -0.399 e. The van der Waals surface area contributed by atoms with Gasteiger partial charge in [-0.15, -0.1) is 5.10 Å². The minimum absolute atomic E-state index is 0.362. The molecule has 1 aromatic heterocycles. The number of rotatable bonds is 5. The summed E-state index contributed by atoms with van der Waals surface area (Å²) in [6.45, 7) is 2.19. The van der Waals surface area contributed by atoms with E-state index in [1.54, 1.807) is 0 Å². The standard InChI is InChI=1S/C14H18BrN5/c1-2-11(7-9-3-4-9)20-14(17-18-19-20)12-8-10(16)5-6-13(12)15/h5-6,8-9,11H,2-4,7,16H2,1H3. The Bertz CT molecular complexity index is 605. The fourth-order valence-corrected chi connectivity index (χ4v) is 2.93. The van der Waals surface area contributed by atoms with E-state index in [9.17, 15) is 0 Å². The molecular formula is C14H18BrN5. The summed E-state index contributed by atoms with van der Waals surface area (Å²) >= 11 is 3.56. The minimum atomic E-state index is 0.362. The van der Waals surface area contributed by atoms with Crippen molar-refractivity contribution >= 4 is 21.6 Å². The summed E-state index contributed by atoms with van der Waals surface area (Å²) in [5.41, 5.74) is 7.55. The predicted molar refractivity (Wildman–Crippen MR) is 82.0 cm³/mol. The number of benzene rings is 1. The Labute approximate surface area is 126 Å². The van der Waals surface area contributed by atoms with E-state index in [0.29, 0.717) is 11.7 Å². The van der Waals surface area contributed by atoms with Crippen LogP contribution in [0, 0.1) is 5.92 Å². The molecule has 6 heteroatoms. The smallest absolute Gasteiger partial charge is 0.183 e. The van der Waals surface area contributed by atoms with Gasteiger partial charge >= 0.3 is 0 Å². The second-order valence-electron chi connectivity index (χ2n) is 5.43. The Hall–Kier alpha value is -1.43. The molecule has 0 bridgehead atoms. The highest BCUT2D eigenvalue weighted by Gasteiger charge is 2.28. The summed E-state index contributed by atoms with van der Waals surface area (Å²) in [6.07, 6.45) is 4.88. The molecular weight excluding hydrogens is 318 g/mol. The largest absolute Gasteiger partial charge is 0.399 e. The van der Waals surface area contributed by atoms with Crippen LogP contribution in [0.1, 0.15) is 38.6 Å². The van der Waals surface area contributed by atoms with Crippen molar-refractivity contribution in [3.63, 3.8) is 0 Å². The Morgan fingerprint density at radius 3 is 2.95 bits per heavy atom. The number of hydrogen-bond donors (Lipinski definition) is 1. The zero-order valence-corrected chi connectivity index (χ0v) is 13.0. The van der Waals surface area contributed by atoms with Crippen LogP contribution in [-0.4, -0.2) is 20.2 Å². The van der Waals surface area contributed by atoms with Crippen LogP contribution in [-0.2, 0) is 0 Å². The van der Waals surface area contributed by atoms with Crippen molar-refractivity contribution in [2.45, 2.75) is 38.6 Å². The van der Waals surface area contributed by atoms with Crippen LogP contribution < -0.4 is 5.73 Å². The first-order chi connectivity index (χ1) is 9.69. The zero-order chi connectivity index (χ0) is 14.1. The summed E-state index contributed by atoms with van der Waals surface area (Å²) in [4.78, 5) is 0. The lowest BCUT2D eigenvalue weighted by atomic mass is 10.1. The van der Waals surface area contributed by atoms with Gasteiger partial charge in [0, 0.05) is 15.7 Å². The average Bonchev–Trinajstić information content (AvgIpc) is 3.14. The van der Waals surface area contributed by atoms with Crippen molar-refractivity contribution in [1.82, 2.24) is 20.2 Å². The molecule has 1 fully saturated rings. The van der Waals surface area contributed by atoms with Crippen LogP contribution in [0.2, 0.25) is 0 Å². The SMILES string of the molecule is CCC(CC1CC1)n1nnnc1-c1cc(N)ccc1Br. The maximum atomic E-state index is 5.88. The number of hydrogen-bond acceptors (Lipinski definition) is 4. The highest BCUT2D eigenvalue weighted by atomic mass is 79.9. The third-order valence-electron chi connectivity index (χ3n) is 3.84. The van der Waals surface area contributed by atoms with E-state index in [2.05, 4.69) is 38.4 Å². The van der Waals surface area contributed by atoms with Crippen molar-refractivity contribution in [1.29, 1.82) is 0 Å². The van der Waals surface area contributed by atoms with E-state index >= 15 is 0 Å². The topological polar surface area (TPSA) is 69.6 Å². The number of anilines is 1. The lowest BCUT2D eigenvalue weighted by molar-refractivity contribution is 0.388. The van der Waals surface area contributed by atoms with Gasteiger partial charge in [0.05, 0.1) is 6.04 Å². The normalized spacial score (nSPS) is 16.3. The lowest BCUT2D eigenvalue weighted by Crippen LogP contribution is -2.12. The maximum absolute atomic E-state index is 5.88. The molecule has 1 aliphatic carbocycles. The van der Waals surface area contributed by atoms with E-state index in [1.165, 1.54) is 12.8 Å². The van der Waals surface area contributed by atoms with Gasteiger partial charge in [-0.25, -0.2) is 4.68 Å². The van der Waals surface area contributed by atoms with Crippen LogP contribution in [0.5, 0.6) is 0 Å². The van der Waals surface area contributed by atoms with Crippen LogP contribution in [0.25, 0.3) is 11.4 Å². The van der Waals surface area contributed by atoms with Gasteiger partial charge in [0.1, 0.15) is 0 Å². The summed E-state index contributed by atoms with van der Waals surface area (Å²) in [6, 6.07) is 6.08. The highest BCUT2D eigenvalue weighted by Crippen LogP contribution is 2.39. The summed E-state index contributed by atoms with van der Waals surface area (Å²) < 4.78 is 2.92. The molecule has 1 unspecified atom stereocenters. The van der Waals surface area contributed by atoms with Gasteiger partial charge in [-0.2, -0.15) is 0 Å². The van der Waals surface area contributed by atoms with Crippen LogP contribution >= 0.6 is 15.9 Å². The number of nitrogen functional groups attached to an aromatic ring is 1. The van der Waals surface area contributed by atoms with Crippen molar-refractivity contribution < 1.29 is 0 Å². The molecule has 20 heavy (non-hydrogen) atoms. The predicted octanol–water partition coefficient (Wildman–Crippen LogP) is 3.44. The lowest BCUT2D eigenvalue weighted by Gasteiger charge is -2.16. The Morgan fingerprint density at radius 1 is 1.45 bits per heavy atom. The van der Waals surface area contributed by atoms with Gasteiger partial charge in [0.25, 0.3) is 0 Å². The fraction of sp³-hybridized carbons (Fsp3) is 0.500. The fourth-order valence-electron chi connectivity index (χ4n) is 2.51. The molecule has 1 saturated carbocycles. The van der Waals surface area contributed by atoms with E-state index < -0.39 is 0 Å². The third-order valence-corrected chi connectivity index (χ3v) is 4.54. The van der Waals surface area contributed by atoms with Crippen LogP contribution in [0.3, 0.4) is 0 Å². The molecule has 0 saturated heterocycles. The number of tetrazole rings is 1. The molecule has 5 nitrogen and oxygen atoms in total. The van der Waals surface area contributed by atoms with Crippen molar-refractivity contribution in [3.05, 3.63) is 22.7 Å². The maximum Gasteiger partial charge on any atom is 0.183 e. The molecule has 1 aliphatic rings. The highest BCUT2D eigenvalue weighted by molar-refractivity contribution is 9.10. The Kier molecular flexibility index (Phi) is 3.74. The number of halogens is 1. The first-order valence-electron chi connectivity index (χ1n) is 7.02. The first kappa shape index (κ1) is 13.5. The second-order valence-corrected chi connectivity index (χ2v) is 6.28. The van der Waals surface area contributed by atoms with Crippen molar-refractivity contribution in [2.75, 3.05) is 5.73 Å². The molecule has 1 aromatic carbocycles. The molecule has 0 radical (unpaired) electrons. The quantitative estimate of drug-likeness (QED) is 0.849. The number of nitrogens with two attached hydrogens (primary N) is 1. The first-order valence-corrected chi connectivity index (χ1v) is 7.81.